The minimum Gasteiger partial charge on any atom is -0.491 e. The van der Waals surface area contributed by atoms with Gasteiger partial charge in [-0.05, 0) is 96.6 Å². The van der Waals surface area contributed by atoms with Gasteiger partial charge in [0.2, 0.25) is 0 Å². The molecule has 11 heteroatoms. The zero-order valence-corrected chi connectivity index (χ0v) is 31.1. The number of hydrogen-bond acceptors (Lipinski definition) is 7. The van der Waals surface area contributed by atoms with Crippen molar-refractivity contribution in [3.63, 3.8) is 0 Å². The van der Waals surface area contributed by atoms with Gasteiger partial charge in [-0.25, -0.2) is 4.98 Å². The van der Waals surface area contributed by atoms with Crippen LogP contribution in [-0.2, 0) is 46.2 Å². The van der Waals surface area contributed by atoms with Crippen molar-refractivity contribution in [2.24, 2.45) is 7.05 Å². The van der Waals surface area contributed by atoms with Crippen molar-refractivity contribution in [1.82, 2.24) is 19.3 Å². The summed E-state index contributed by atoms with van der Waals surface area (Å²) in [4.78, 5) is 21.0. The SMILES string of the molecule is CCCCOCCOc1ccc(-c2ccc3c(c2)C=C(C(=O)Nc2ccc(S(=O)Cc4cncn4CCC)cc2)CCN3Cc2ccnn2C)cc1. The van der Waals surface area contributed by atoms with Gasteiger partial charge in [-0.1, -0.05) is 38.5 Å². The van der Waals surface area contributed by atoms with Crippen molar-refractivity contribution >= 4 is 34.2 Å². The Labute approximate surface area is 308 Å². The fourth-order valence-corrected chi connectivity index (χ4v) is 7.32. The molecule has 1 unspecified atom stereocenters. The quantitative estimate of drug-likeness (QED) is 0.0986. The van der Waals surface area contributed by atoms with Gasteiger partial charge >= 0.3 is 0 Å². The van der Waals surface area contributed by atoms with Gasteiger partial charge in [0.15, 0.2) is 0 Å². The molecule has 1 aliphatic heterocycles. The Morgan fingerprint density at radius 1 is 0.923 bits per heavy atom. The van der Waals surface area contributed by atoms with Crippen molar-refractivity contribution in [1.29, 1.82) is 0 Å². The van der Waals surface area contributed by atoms with Crippen LogP contribution in [0.15, 0.2) is 102 Å². The second kappa shape index (κ2) is 18.0. The van der Waals surface area contributed by atoms with Crippen LogP contribution in [0.2, 0.25) is 0 Å². The van der Waals surface area contributed by atoms with Crippen LogP contribution in [0.3, 0.4) is 0 Å². The van der Waals surface area contributed by atoms with Gasteiger partial charge in [-0.2, -0.15) is 5.10 Å². The van der Waals surface area contributed by atoms with E-state index in [9.17, 15) is 9.00 Å². The molecule has 10 nitrogen and oxygen atoms in total. The fraction of sp³-hybridized carbons (Fsp3) is 0.341. The minimum atomic E-state index is -1.23. The van der Waals surface area contributed by atoms with Gasteiger partial charge in [0.1, 0.15) is 12.4 Å². The molecule has 1 atom stereocenters. The van der Waals surface area contributed by atoms with E-state index in [4.69, 9.17) is 9.47 Å². The van der Waals surface area contributed by atoms with E-state index in [1.165, 1.54) is 0 Å². The first-order chi connectivity index (χ1) is 25.4. The molecule has 3 heterocycles. The number of anilines is 2. The number of benzene rings is 3. The highest BCUT2D eigenvalue weighted by Crippen LogP contribution is 2.34. The average Bonchev–Trinajstić information content (AvgIpc) is 3.73. The highest BCUT2D eigenvalue weighted by Gasteiger charge is 2.22. The molecule has 1 amide bonds. The van der Waals surface area contributed by atoms with Crippen LogP contribution in [0, 0.1) is 0 Å². The zero-order valence-electron chi connectivity index (χ0n) is 30.3. The third-order valence-electron chi connectivity index (χ3n) is 9.16. The molecule has 0 saturated heterocycles. The van der Waals surface area contributed by atoms with E-state index in [-0.39, 0.29) is 5.91 Å². The zero-order chi connectivity index (χ0) is 36.3. The number of aromatic nitrogens is 4. The lowest BCUT2D eigenvalue weighted by Gasteiger charge is -2.25. The van der Waals surface area contributed by atoms with Crippen LogP contribution < -0.4 is 15.0 Å². The number of carbonyl (C=O) groups is 1. The summed E-state index contributed by atoms with van der Waals surface area (Å²) in [7, 11) is 0.717. The number of carbonyl (C=O) groups excluding carboxylic acids is 1. The first-order valence-corrected chi connectivity index (χ1v) is 19.4. The van der Waals surface area contributed by atoms with E-state index in [1.807, 2.05) is 71.0 Å². The standard InChI is InChI=1S/C41H48N6O4S/c1-4-6-22-50-23-24-51-38-12-7-31(8-13-38)32-9-16-40-34(25-32)26-33(18-21-46(40)28-36-17-19-43-45(36)3)41(48)44-35-10-14-39(15-11-35)52(49)29-37-27-42-30-47(37)20-5-2/h7-17,19,25-27,30H,4-6,18,20-24,28-29H2,1-3H3,(H,44,48). The first kappa shape index (κ1) is 36.8. The van der Waals surface area contributed by atoms with Gasteiger partial charge < -0.3 is 24.3 Å². The van der Waals surface area contributed by atoms with Gasteiger partial charge in [0.05, 0.1) is 47.4 Å². The predicted octanol–water partition coefficient (Wildman–Crippen LogP) is 7.63. The molecule has 0 saturated carbocycles. The van der Waals surface area contributed by atoms with E-state index in [1.54, 1.807) is 12.5 Å². The van der Waals surface area contributed by atoms with Crippen LogP contribution in [0.5, 0.6) is 5.75 Å². The number of aryl methyl sites for hydroxylation is 2. The Kier molecular flexibility index (Phi) is 12.7. The number of nitrogens with zero attached hydrogens (tertiary/aromatic N) is 5. The van der Waals surface area contributed by atoms with Crippen molar-refractivity contribution < 1.29 is 18.5 Å². The molecule has 0 spiro atoms. The maximum absolute atomic E-state index is 13.8. The molecule has 1 aliphatic rings. The van der Waals surface area contributed by atoms with Gasteiger partial charge in [-0.15, -0.1) is 0 Å². The molecule has 0 aliphatic carbocycles. The summed E-state index contributed by atoms with van der Waals surface area (Å²) in [5.74, 6) is 1.04. The topological polar surface area (TPSA) is 104 Å². The molecular weight excluding hydrogens is 673 g/mol. The molecule has 52 heavy (non-hydrogen) atoms. The summed E-state index contributed by atoms with van der Waals surface area (Å²) in [6, 6.07) is 23.8. The summed E-state index contributed by atoms with van der Waals surface area (Å²) in [5, 5.41) is 7.45. The Hall–Kier alpha value is -5.00. The summed E-state index contributed by atoms with van der Waals surface area (Å²) >= 11 is 0. The molecule has 0 fully saturated rings. The number of imidazole rings is 1. The molecular formula is C41H48N6O4S. The van der Waals surface area contributed by atoms with E-state index >= 15 is 0 Å². The molecule has 2 aromatic heterocycles. The monoisotopic (exact) mass is 720 g/mol. The predicted molar refractivity (Wildman–Crippen MR) is 208 cm³/mol. The summed E-state index contributed by atoms with van der Waals surface area (Å²) in [6.07, 6.45) is 11.1. The number of hydrogen-bond donors (Lipinski definition) is 1. The Bertz CT molecular complexity index is 1980. The third-order valence-corrected chi connectivity index (χ3v) is 10.5. The van der Waals surface area contributed by atoms with Gasteiger partial charge in [-0.3, -0.25) is 13.7 Å². The van der Waals surface area contributed by atoms with Crippen LogP contribution in [-0.4, -0.2) is 55.8 Å². The van der Waals surface area contributed by atoms with Crippen LogP contribution in [0.25, 0.3) is 17.2 Å². The summed E-state index contributed by atoms with van der Waals surface area (Å²) in [6.45, 7) is 8.28. The highest BCUT2D eigenvalue weighted by atomic mass is 32.2. The molecule has 0 radical (unpaired) electrons. The Morgan fingerprint density at radius 3 is 2.48 bits per heavy atom. The number of fused-ring (bicyclic) bond motifs is 1. The van der Waals surface area contributed by atoms with E-state index in [0.717, 1.165) is 71.9 Å². The second-order valence-corrected chi connectivity index (χ2v) is 14.4. The molecule has 272 valence electrons. The highest BCUT2D eigenvalue weighted by molar-refractivity contribution is 7.84. The lowest BCUT2D eigenvalue weighted by Crippen LogP contribution is -2.26. The number of nitrogens with one attached hydrogen (secondary N) is 1. The van der Waals surface area contributed by atoms with Gasteiger partial charge in [0, 0.05) is 61.0 Å². The van der Waals surface area contributed by atoms with Crippen molar-refractivity contribution in [2.45, 2.75) is 63.3 Å². The Morgan fingerprint density at radius 2 is 1.73 bits per heavy atom. The number of ether oxygens (including phenoxy) is 2. The Balaban J connectivity index is 1.17. The van der Waals surface area contributed by atoms with E-state index in [2.05, 4.69) is 64.5 Å². The average molecular weight is 721 g/mol. The number of rotatable bonds is 17. The van der Waals surface area contributed by atoms with Gasteiger partial charge in [0.25, 0.3) is 5.91 Å². The third kappa shape index (κ3) is 9.45. The van der Waals surface area contributed by atoms with E-state index < -0.39 is 10.8 Å². The van der Waals surface area contributed by atoms with Crippen LogP contribution >= 0.6 is 0 Å². The van der Waals surface area contributed by atoms with Crippen LogP contribution in [0.4, 0.5) is 11.4 Å². The van der Waals surface area contributed by atoms with E-state index in [0.29, 0.717) is 54.6 Å². The van der Waals surface area contributed by atoms with Crippen LogP contribution in [0.1, 0.15) is 56.5 Å². The largest absolute Gasteiger partial charge is 0.491 e. The summed E-state index contributed by atoms with van der Waals surface area (Å²) in [5.41, 5.74) is 7.51. The normalized spacial score (nSPS) is 13.3. The summed E-state index contributed by atoms with van der Waals surface area (Å²) < 4.78 is 28.6. The molecule has 1 N–H and O–H groups in total. The number of unbranched alkanes of at least 4 members (excludes halogenated alkanes) is 1. The lowest BCUT2D eigenvalue weighted by molar-refractivity contribution is -0.112. The minimum absolute atomic E-state index is 0.156. The number of amides is 1. The van der Waals surface area contributed by atoms with Crippen molar-refractivity contribution in [3.05, 3.63) is 114 Å². The smallest absolute Gasteiger partial charge is 0.251 e. The van der Waals surface area contributed by atoms with Crippen molar-refractivity contribution in [2.75, 3.05) is 36.6 Å². The lowest BCUT2D eigenvalue weighted by atomic mass is 10.00. The maximum atomic E-state index is 13.8. The fourth-order valence-electron chi connectivity index (χ4n) is 6.21. The molecule has 3 aromatic carbocycles. The second-order valence-electron chi connectivity index (χ2n) is 12.9. The molecule has 0 bridgehead atoms. The molecule has 5 aromatic rings. The molecule has 6 rings (SSSR count). The van der Waals surface area contributed by atoms with Crippen molar-refractivity contribution in [3.8, 4) is 16.9 Å². The first-order valence-electron chi connectivity index (χ1n) is 18.1. The maximum Gasteiger partial charge on any atom is 0.251 e.